The van der Waals surface area contributed by atoms with Gasteiger partial charge in [0.1, 0.15) is 0 Å². The topological polar surface area (TPSA) is 12.0 Å². The van der Waals surface area contributed by atoms with Gasteiger partial charge in [0.25, 0.3) is 0 Å². The molecule has 0 saturated carbocycles. The van der Waals surface area contributed by atoms with Crippen LogP contribution in [0.1, 0.15) is 46.5 Å². The van der Waals surface area contributed by atoms with Gasteiger partial charge in [-0.05, 0) is 31.8 Å². The molecule has 0 aromatic rings. The van der Waals surface area contributed by atoms with Crippen molar-refractivity contribution in [3.8, 4) is 0 Å². The molecule has 0 bridgehead atoms. The van der Waals surface area contributed by atoms with E-state index in [1.54, 1.807) is 0 Å². The summed E-state index contributed by atoms with van der Waals surface area (Å²) < 4.78 is 0. The fraction of sp³-hybridized carbons (Fsp3) is 1.00. The largest absolute Gasteiger partial charge is 0.316 e. The molecule has 0 radical (unpaired) electrons. The van der Waals surface area contributed by atoms with Crippen molar-refractivity contribution in [2.75, 3.05) is 13.1 Å². The van der Waals surface area contributed by atoms with E-state index in [0.717, 1.165) is 5.92 Å². The number of hydrogen-bond donors (Lipinski definition) is 1. The Bertz CT molecular complexity index is 65.3. The van der Waals surface area contributed by atoms with Crippen molar-refractivity contribution >= 4 is 0 Å². The molecule has 0 aromatic carbocycles. The maximum absolute atomic E-state index is 3.38. The Kier molecular flexibility index (Phi) is 8.03. The lowest BCUT2D eigenvalue weighted by atomic mass is 10.0. The highest BCUT2D eigenvalue weighted by Gasteiger charge is 2.12. The Morgan fingerprint density at radius 2 is 2.09 bits per heavy atom. The lowest BCUT2D eigenvalue weighted by Gasteiger charge is -2.04. The third kappa shape index (κ3) is 5.25. The molecule has 1 atom stereocenters. The molecule has 1 unspecified atom stereocenters. The highest BCUT2D eigenvalue weighted by atomic mass is 14.9. The fourth-order valence-corrected chi connectivity index (χ4v) is 1.45. The highest BCUT2D eigenvalue weighted by Crippen LogP contribution is 2.14. The summed E-state index contributed by atoms with van der Waals surface area (Å²) in [6, 6.07) is 0. The van der Waals surface area contributed by atoms with E-state index in [1.165, 1.54) is 38.8 Å². The van der Waals surface area contributed by atoms with Gasteiger partial charge in [-0.3, -0.25) is 0 Å². The van der Waals surface area contributed by atoms with Crippen LogP contribution in [0.3, 0.4) is 0 Å². The van der Waals surface area contributed by atoms with Crippen LogP contribution in [0.4, 0.5) is 0 Å². The Hall–Kier alpha value is -0.0400. The summed E-state index contributed by atoms with van der Waals surface area (Å²) in [5.74, 6) is 1.00. The molecule has 1 N–H and O–H groups in total. The minimum atomic E-state index is 1.00. The van der Waals surface area contributed by atoms with Crippen LogP contribution in [0.15, 0.2) is 0 Å². The third-order valence-corrected chi connectivity index (χ3v) is 2.13. The molecule has 1 fully saturated rings. The van der Waals surface area contributed by atoms with Gasteiger partial charge in [0.2, 0.25) is 0 Å². The van der Waals surface area contributed by atoms with Gasteiger partial charge >= 0.3 is 0 Å². The van der Waals surface area contributed by atoms with Crippen LogP contribution in [-0.4, -0.2) is 13.1 Å². The molecule has 11 heavy (non-hydrogen) atoms. The minimum absolute atomic E-state index is 1.00. The summed E-state index contributed by atoms with van der Waals surface area (Å²) in [6.45, 7) is 8.80. The molecule has 68 valence electrons. The predicted molar refractivity (Wildman–Crippen MR) is 51.8 cm³/mol. The van der Waals surface area contributed by atoms with Crippen molar-refractivity contribution < 1.29 is 0 Å². The summed E-state index contributed by atoms with van der Waals surface area (Å²) in [5.41, 5.74) is 0. The van der Waals surface area contributed by atoms with E-state index in [-0.39, 0.29) is 0 Å². The zero-order valence-corrected chi connectivity index (χ0v) is 8.32. The second-order valence-corrected chi connectivity index (χ2v) is 3.00. The van der Waals surface area contributed by atoms with Crippen LogP contribution in [0.2, 0.25) is 0 Å². The van der Waals surface area contributed by atoms with Crippen molar-refractivity contribution in [3.63, 3.8) is 0 Å². The summed E-state index contributed by atoms with van der Waals surface area (Å²) >= 11 is 0. The van der Waals surface area contributed by atoms with Crippen molar-refractivity contribution in [2.24, 2.45) is 5.92 Å². The van der Waals surface area contributed by atoms with Gasteiger partial charge in [0.15, 0.2) is 0 Å². The highest BCUT2D eigenvalue weighted by molar-refractivity contribution is 4.70. The number of rotatable bonds is 3. The molecular weight excluding hydrogens is 134 g/mol. The zero-order valence-electron chi connectivity index (χ0n) is 8.32. The molecule has 0 aromatic heterocycles. The standard InChI is InChI=1S/C8H17N.C2H6/c1-2-3-4-8-5-6-9-7-8;1-2/h8-9H,2-7H2,1H3;1-2H3. The first-order valence-corrected chi connectivity index (χ1v) is 5.14. The molecule has 1 nitrogen and oxygen atoms in total. The van der Waals surface area contributed by atoms with Crippen LogP contribution >= 0.6 is 0 Å². The maximum atomic E-state index is 3.38. The molecule has 0 amide bonds. The zero-order chi connectivity index (χ0) is 8.53. The third-order valence-electron chi connectivity index (χ3n) is 2.13. The molecule has 1 heteroatoms. The first-order chi connectivity index (χ1) is 5.43. The number of nitrogens with one attached hydrogen (secondary N) is 1. The smallest absolute Gasteiger partial charge is 0.00200 e. The quantitative estimate of drug-likeness (QED) is 0.664. The predicted octanol–water partition coefficient (Wildman–Crippen LogP) is 2.81. The van der Waals surface area contributed by atoms with E-state index in [0.29, 0.717) is 0 Å². The second kappa shape index (κ2) is 8.06. The molecule has 0 spiro atoms. The van der Waals surface area contributed by atoms with Crippen LogP contribution in [-0.2, 0) is 0 Å². The van der Waals surface area contributed by atoms with Crippen LogP contribution in [0.5, 0.6) is 0 Å². The lowest BCUT2D eigenvalue weighted by Crippen LogP contribution is -2.08. The Morgan fingerprint density at radius 1 is 1.36 bits per heavy atom. The summed E-state index contributed by atoms with van der Waals surface area (Å²) in [7, 11) is 0. The monoisotopic (exact) mass is 157 g/mol. The first-order valence-electron chi connectivity index (χ1n) is 5.14. The van der Waals surface area contributed by atoms with Gasteiger partial charge in [-0.25, -0.2) is 0 Å². The number of hydrogen-bond acceptors (Lipinski definition) is 1. The summed E-state index contributed by atoms with van der Waals surface area (Å²) in [4.78, 5) is 0. The Morgan fingerprint density at radius 3 is 2.55 bits per heavy atom. The second-order valence-electron chi connectivity index (χ2n) is 3.00. The molecule has 0 aliphatic carbocycles. The normalized spacial score (nSPS) is 22.6. The van der Waals surface area contributed by atoms with Crippen molar-refractivity contribution in [1.82, 2.24) is 5.32 Å². The minimum Gasteiger partial charge on any atom is -0.316 e. The van der Waals surface area contributed by atoms with Gasteiger partial charge < -0.3 is 5.32 Å². The van der Waals surface area contributed by atoms with Crippen LogP contribution < -0.4 is 5.32 Å². The van der Waals surface area contributed by atoms with E-state index in [4.69, 9.17) is 0 Å². The average Bonchev–Trinajstić information content (AvgIpc) is 2.57. The first kappa shape index (κ1) is 11.0. The van der Waals surface area contributed by atoms with Crippen LogP contribution in [0, 0.1) is 5.92 Å². The lowest BCUT2D eigenvalue weighted by molar-refractivity contribution is 0.505. The van der Waals surface area contributed by atoms with Gasteiger partial charge in [-0.1, -0.05) is 33.6 Å². The summed E-state index contributed by atoms with van der Waals surface area (Å²) in [5, 5.41) is 3.38. The van der Waals surface area contributed by atoms with Crippen LogP contribution in [0.25, 0.3) is 0 Å². The summed E-state index contributed by atoms with van der Waals surface area (Å²) in [6.07, 6.45) is 5.65. The van der Waals surface area contributed by atoms with Crippen molar-refractivity contribution in [3.05, 3.63) is 0 Å². The van der Waals surface area contributed by atoms with Crippen molar-refractivity contribution in [2.45, 2.75) is 46.5 Å². The molecular formula is C10H23N. The van der Waals surface area contributed by atoms with Gasteiger partial charge in [-0.2, -0.15) is 0 Å². The van der Waals surface area contributed by atoms with Gasteiger partial charge in [0.05, 0.1) is 0 Å². The molecule has 1 saturated heterocycles. The van der Waals surface area contributed by atoms with Gasteiger partial charge in [-0.15, -0.1) is 0 Å². The molecule has 1 heterocycles. The van der Waals surface area contributed by atoms with E-state index in [9.17, 15) is 0 Å². The van der Waals surface area contributed by atoms with E-state index in [2.05, 4.69) is 12.2 Å². The van der Waals surface area contributed by atoms with E-state index < -0.39 is 0 Å². The van der Waals surface area contributed by atoms with Gasteiger partial charge in [0, 0.05) is 0 Å². The molecule has 1 aliphatic heterocycles. The van der Waals surface area contributed by atoms with Crippen molar-refractivity contribution in [1.29, 1.82) is 0 Å². The fourth-order valence-electron chi connectivity index (χ4n) is 1.45. The molecule has 1 rings (SSSR count). The number of unbranched alkanes of at least 4 members (excludes halogenated alkanes) is 1. The Balaban J connectivity index is 0.000000461. The maximum Gasteiger partial charge on any atom is -0.00200 e. The Labute approximate surface area is 71.6 Å². The SMILES string of the molecule is CC.CCCCC1CCNC1. The van der Waals surface area contributed by atoms with E-state index in [1.807, 2.05) is 13.8 Å². The average molecular weight is 157 g/mol. The molecule has 1 aliphatic rings. The van der Waals surface area contributed by atoms with E-state index >= 15 is 0 Å².